The molecule has 1 aliphatic heterocycles. The van der Waals surface area contributed by atoms with Gasteiger partial charge in [-0.1, -0.05) is 11.6 Å². The van der Waals surface area contributed by atoms with Crippen molar-refractivity contribution in [2.24, 2.45) is 0 Å². The number of phenolic OH excluding ortho intramolecular Hbond substituents is 1. The highest BCUT2D eigenvalue weighted by Gasteiger charge is 2.28. The fourth-order valence-corrected chi connectivity index (χ4v) is 3.38. The average molecular weight is 413 g/mol. The Balaban J connectivity index is 2.48. The lowest BCUT2D eigenvalue weighted by Gasteiger charge is -2.20. The van der Waals surface area contributed by atoms with Gasteiger partial charge in [0.15, 0.2) is 0 Å². The molecule has 0 unspecified atom stereocenters. The Morgan fingerprint density at radius 3 is 2.46 bits per heavy atom. The summed E-state index contributed by atoms with van der Waals surface area (Å²) in [4.78, 5) is 37.4. The second-order valence-corrected chi connectivity index (χ2v) is 7.25. The SMILES string of the molecule is COc1cc(O)c(Cl)c2c1C(=O)O[C@H](C)CCC(=O)CC[C@H](OC)CC(=O)C2. The fourth-order valence-electron chi connectivity index (χ4n) is 3.16. The molecule has 28 heavy (non-hydrogen) atoms. The average Bonchev–Trinajstić information content (AvgIpc) is 2.65. The minimum atomic E-state index is -0.721. The molecule has 0 aromatic heterocycles. The quantitative estimate of drug-likeness (QED) is 0.744. The summed E-state index contributed by atoms with van der Waals surface area (Å²) in [7, 11) is 2.83. The normalized spacial score (nSPS) is 22.2. The van der Waals surface area contributed by atoms with Crippen LogP contribution in [0, 0.1) is 0 Å². The molecule has 1 N–H and O–H groups in total. The largest absolute Gasteiger partial charge is 0.506 e. The van der Waals surface area contributed by atoms with Crippen molar-refractivity contribution in [3.63, 3.8) is 0 Å². The lowest BCUT2D eigenvalue weighted by Crippen LogP contribution is -2.23. The molecule has 0 bridgehead atoms. The van der Waals surface area contributed by atoms with E-state index >= 15 is 0 Å². The predicted octanol–water partition coefficient (Wildman–Crippen LogP) is 3.26. The van der Waals surface area contributed by atoms with E-state index in [1.807, 2.05) is 0 Å². The number of hydrogen-bond donors (Lipinski definition) is 1. The van der Waals surface area contributed by atoms with E-state index < -0.39 is 18.2 Å². The number of methoxy groups -OCH3 is 2. The molecule has 0 spiro atoms. The Labute approximate surface area is 168 Å². The maximum atomic E-state index is 12.8. The first-order valence-electron chi connectivity index (χ1n) is 9.12. The summed E-state index contributed by atoms with van der Waals surface area (Å²) in [5.41, 5.74) is 0.159. The van der Waals surface area contributed by atoms with Gasteiger partial charge in [-0.3, -0.25) is 9.59 Å². The van der Waals surface area contributed by atoms with Gasteiger partial charge >= 0.3 is 5.97 Å². The number of carbonyl (C=O) groups is 3. The van der Waals surface area contributed by atoms with Gasteiger partial charge in [0.25, 0.3) is 0 Å². The van der Waals surface area contributed by atoms with E-state index in [2.05, 4.69) is 0 Å². The van der Waals surface area contributed by atoms with Crippen molar-refractivity contribution >= 4 is 29.1 Å². The van der Waals surface area contributed by atoms with Gasteiger partial charge in [-0.15, -0.1) is 0 Å². The molecular formula is C20H25ClO7. The van der Waals surface area contributed by atoms with Crippen molar-refractivity contribution in [1.29, 1.82) is 0 Å². The molecule has 1 heterocycles. The summed E-state index contributed by atoms with van der Waals surface area (Å²) in [5, 5.41) is 9.98. The summed E-state index contributed by atoms with van der Waals surface area (Å²) in [6.45, 7) is 1.69. The molecular weight excluding hydrogens is 388 g/mol. The van der Waals surface area contributed by atoms with E-state index in [1.165, 1.54) is 20.3 Å². The Kier molecular flexibility index (Phi) is 7.83. The van der Waals surface area contributed by atoms with Crippen LogP contribution in [0.15, 0.2) is 6.07 Å². The van der Waals surface area contributed by atoms with Gasteiger partial charge in [-0.2, -0.15) is 0 Å². The van der Waals surface area contributed by atoms with Crippen molar-refractivity contribution in [1.82, 2.24) is 0 Å². The minimum absolute atomic E-state index is 0.00264. The van der Waals surface area contributed by atoms with Crippen LogP contribution in [0.5, 0.6) is 11.5 Å². The first-order valence-corrected chi connectivity index (χ1v) is 9.50. The zero-order valence-electron chi connectivity index (χ0n) is 16.2. The number of ether oxygens (including phenoxy) is 3. The number of hydrogen-bond acceptors (Lipinski definition) is 7. The maximum Gasteiger partial charge on any atom is 0.342 e. The lowest BCUT2D eigenvalue weighted by molar-refractivity contribution is -0.123. The third-order valence-corrected chi connectivity index (χ3v) is 5.20. The number of ketones is 2. The predicted molar refractivity (Wildman–Crippen MR) is 102 cm³/mol. The van der Waals surface area contributed by atoms with Gasteiger partial charge in [0.1, 0.15) is 28.6 Å². The number of carbonyl (C=O) groups excluding carboxylic acids is 3. The molecule has 0 amide bonds. The molecule has 1 aromatic rings. The van der Waals surface area contributed by atoms with Crippen molar-refractivity contribution in [2.45, 2.75) is 57.7 Å². The number of esters is 1. The standard InChI is InChI=1S/C20H25ClO7/c1-11-4-5-12(22)6-7-14(26-2)8-13(23)9-15-18(20(25)28-11)17(27-3)10-16(24)19(15)21/h10-11,14,24H,4-9H2,1-3H3/t11-,14+/m1/s1. The molecule has 0 saturated carbocycles. The summed E-state index contributed by atoms with van der Waals surface area (Å²) in [6.07, 6.45) is 0.296. The minimum Gasteiger partial charge on any atom is -0.506 e. The second kappa shape index (κ2) is 9.89. The number of aromatic hydroxyl groups is 1. The van der Waals surface area contributed by atoms with Gasteiger partial charge in [0.05, 0.1) is 24.3 Å². The molecule has 2 atom stereocenters. The number of benzene rings is 1. The van der Waals surface area contributed by atoms with Crippen LogP contribution in [0.2, 0.25) is 5.02 Å². The monoisotopic (exact) mass is 412 g/mol. The van der Waals surface area contributed by atoms with Crippen LogP contribution in [0.1, 0.15) is 54.9 Å². The Bertz CT molecular complexity index is 759. The molecule has 0 fully saturated rings. The van der Waals surface area contributed by atoms with Crippen LogP contribution in [0.3, 0.4) is 0 Å². The number of rotatable bonds is 2. The van der Waals surface area contributed by atoms with E-state index in [4.69, 9.17) is 25.8 Å². The zero-order chi connectivity index (χ0) is 20.8. The third-order valence-electron chi connectivity index (χ3n) is 4.78. The molecule has 0 aliphatic carbocycles. The van der Waals surface area contributed by atoms with E-state index in [9.17, 15) is 19.5 Å². The molecule has 8 heteroatoms. The molecule has 1 aliphatic rings. The van der Waals surface area contributed by atoms with Crippen LogP contribution in [-0.2, 0) is 25.5 Å². The van der Waals surface area contributed by atoms with Gasteiger partial charge in [-0.25, -0.2) is 4.79 Å². The molecule has 2 rings (SSSR count). The molecule has 1 aromatic carbocycles. The van der Waals surface area contributed by atoms with Gasteiger partial charge in [-0.05, 0) is 19.8 Å². The highest BCUT2D eigenvalue weighted by atomic mass is 35.5. The number of cyclic esters (lactones) is 1. The van der Waals surface area contributed by atoms with Crippen molar-refractivity contribution < 1.29 is 33.7 Å². The molecule has 7 nitrogen and oxygen atoms in total. The Morgan fingerprint density at radius 1 is 1.14 bits per heavy atom. The van der Waals surface area contributed by atoms with Crippen molar-refractivity contribution in [3.8, 4) is 11.5 Å². The van der Waals surface area contributed by atoms with E-state index in [0.29, 0.717) is 19.3 Å². The lowest BCUT2D eigenvalue weighted by atomic mass is 9.96. The zero-order valence-corrected chi connectivity index (χ0v) is 17.0. The summed E-state index contributed by atoms with van der Waals surface area (Å²) in [6, 6.07) is 1.21. The highest BCUT2D eigenvalue weighted by Crippen LogP contribution is 2.38. The highest BCUT2D eigenvalue weighted by molar-refractivity contribution is 6.33. The van der Waals surface area contributed by atoms with E-state index in [1.54, 1.807) is 6.92 Å². The number of phenols is 1. The van der Waals surface area contributed by atoms with Crippen LogP contribution in [-0.4, -0.2) is 49.1 Å². The molecule has 154 valence electrons. The van der Waals surface area contributed by atoms with Gasteiger partial charge in [0.2, 0.25) is 0 Å². The topological polar surface area (TPSA) is 99.1 Å². The van der Waals surface area contributed by atoms with Crippen LogP contribution in [0.25, 0.3) is 0 Å². The molecule has 0 saturated heterocycles. The van der Waals surface area contributed by atoms with Crippen LogP contribution in [0.4, 0.5) is 0 Å². The van der Waals surface area contributed by atoms with Crippen LogP contribution >= 0.6 is 11.6 Å². The number of fused-ring (bicyclic) bond motifs is 1. The second-order valence-electron chi connectivity index (χ2n) is 6.87. The Hall–Kier alpha value is -2.12. The summed E-state index contributed by atoms with van der Waals surface area (Å²) >= 11 is 6.21. The first kappa shape index (κ1) is 22.2. The van der Waals surface area contributed by atoms with Crippen molar-refractivity contribution in [2.75, 3.05) is 14.2 Å². The Morgan fingerprint density at radius 2 is 1.82 bits per heavy atom. The smallest absolute Gasteiger partial charge is 0.342 e. The number of Topliss-reactive ketones (excluding diaryl/α,β-unsaturated/α-hetero) is 2. The molecule has 0 radical (unpaired) electrons. The summed E-state index contributed by atoms with van der Waals surface area (Å²) < 4.78 is 16.0. The third kappa shape index (κ3) is 5.45. The van der Waals surface area contributed by atoms with E-state index in [0.717, 1.165) is 0 Å². The maximum absolute atomic E-state index is 12.8. The van der Waals surface area contributed by atoms with E-state index in [-0.39, 0.29) is 58.5 Å². The van der Waals surface area contributed by atoms with Crippen molar-refractivity contribution in [3.05, 3.63) is 22.2 Å². The van der Waals surface area contributed by atoms with Gasteiger partial charge < -0.3 is 19.3 Å². The fraction of sp³-hybridized carbons (Fsp3) is 0.550. The van der Waals surface area contributed by atoms with Crippen LogP contribution < -0.4 is 4.74 Å². The summed E-state index contributed by atoms with van der Waals surface area (Å²) in [5.74, 6) is -1.16. The number of halogens is 1. The van der Waals surface area contributed by atoms with Gasteiger partial charge in [0, 0.05) is 44.4 Å². The first-order chi connectivity index (χ1) is 13.3.